The molecule has 0 saturated heterocycles. The van der Waals surface area contributed by atoms with E-state index in [1.165, 1.54) is 0 Å². The molecule has 1 saturated carbocycles. The van der Waals surface area contributed by atoms with Gasteiger partial charge in [-0.1, -0.05) is 0 Å². The average Bonchev–Trinajstić information content (AvgIpc) is 3.04. The van der Waals surface area contributed by atoms with Crippen molar-refractivity contribution in [2.24, 2.45) is 0 Å². The lowest BCUT2D eigenvalue weighted by atomic mass is 10.4. The molecule has 15 heavy (non-hydrogen) atoms. The lowest BCUT2D eigenvalue weighted by Gasteiger charge is -2.21. The number of hydrogen-bond donors (Lipinski definition) is 2. The van der Waals surface area contributed by atoms with Crippen LogP contribution in [0, 0.1) is 0 Å². The maximum absolute atomic E-state index is 11.7. The second-order valence-corrected chi connectivity index (χ2v) is 4.71. The van der Waals surface area contributed by atoms with E-state index in [0.29, 0.717) is 12.6 Å². The molecule has 88 valence electrons. The maximum Gasteiger partial charge on any atom is 0.317 e. The van der Waals surface area contributed by atoms with Crippen molar-refractivity contribution in [2.75, 3.05) is 31.7 Å². The summed E-state index contributed by atoms with van der Waals surface area (Å²) in [6.07, 6.45) is 5.23. The Balaban J connectivity index is 2.17. The summed E-state index contributed by atoms with van der Waals surface area (Å²) < 4.78 is 0. The van der Waals surface area contributed by atoms with Gasteiger partial charge < -0.3 is 15.3 Å². The van der Waals surface area contributed by atoms with Crippen LogP contribution in [0.3, 0.4) is 0 Å². The number of nitrogens with one attached hydrogen (secondary N) is 1. The van der Waals surface area contributed by atoms with Gasteiger partial charge in [0.05, 0.1) is 6.61 Å². The van der Waals surface area contributed by atoms with Gasteiger partial charge in [0.25, 0.3) is 0 Å². The van der Waals surface area contributed by atoms with E-state index in [9.17, 15) is 4.79 Å². The normalized spacial score (nSPS) is 15.1. The highest BCUT2D eigenvalue weighted by atomic mass is 32.2. The van der Waals surface area contributed by atoms with Gasteiger partial charge in [-0.15, -0.1) is 0 Å². The molecule has 0 aromatic heterocycles. The lowest BCUT2D eigenvalue weighted by molar-refractivity contribution is 0.174. The molecule has 5 heteroatoms. The van der Waals surface area contributed by atoms with Crippen molar-refractivity contribution in [1.82, 2.24) is 10.2 Å². The van der Waals surface area contributed by atoms with Gasteiger partial charge in [-0.25, -0.2) is 4.79 Å². The molecule has 0 aromatic carbocycles. The zero-order valence-corrected chi connectivity index (χ0v) is 10.1. The molecule has 1 rings (SSSR count). The monoisotopic (exact) mass is 232 g/mol. The van der Waals surface area contributed by atoms with Gasteiger partial charge >= 0.3 is 6.03 Å². The summed E-state index contributed by atoms with van der Waals surface area (Å²) in [6.45, 7) is 1.24. The van der Waals surface area contributed by atoms with Crippen LogP contribution in [-0.4, -0.2) is 53.8 Å². The van der Waals surface area contributed by atoms with E-state index >= 15 is 0 Å². The van der Waals surface area contributed by atoms with Crippen molar-refractivity contribution >= 4 is 17.8 Å². The Labute approximate surface area is 95.4 Å². The average molecular weight is 232 g/mol. The van der Waals surface area contributed by atoms with Crippen LogP contribution >= 0.6 is 11.8 Å². The van der Waals surface area contributed by atoms with E-state index in [1.807, 2.05) is 0 Å². The molecule has 0 unspecified atom stereocenters. The van der Waals surface area contributed by atoms with Crippen LogP contribution in [0.2, 0.25) is 0 Å². The van der Waals surface area contributed by atoms with Gasteiger partial charge in [-0.05, 0) is 31.3 Å². The first kappa shape index (κ1) is 12.6. The molecule has 0 radical (unpaired) electrons. The molecular weight excluding hydrogens is 212 g/mol. The SMILES string of the molecule is CSCCCNC(=O)N(CCO)C1CC1. The predicted octanol–water partition coefficient (Wildman–Crippen LogP) is 0.906. The second-order valence-electron chi connectivity index (χ2n) is 3.73. The maximum atomic E-state index is 11.7. The molecule has 1 fully saturated rings. The number of hydrogen-bond acceptors (Lipinski definition) is 3. The largest absolute Gasteiger partial charge is 0.395 e. The van der Waals surface area contributed by atoms with Gasteiger partial charge in [-0.2, -0.15) is 11.8 Å². The van der Waals surface area contributed by atoms with E-state index in [-0.39, 0.29) is 12.6 Å². The predicted molar refractivity (Wildman–Crippen MR) is 63.2 cm³/mol. The molecule has 0 bridgehead atoms. The van der Waals surface area contributed by atoms with E-state index < -0.39 is 0 Å². The minimum absolute atomic E-state index is 0.0207. The summed E-state index contributed by atoms with van der Waals surface area (Å²) >= 11 is 1.79. The number of thioether (sulfide) groups is 1. The van der Waals surface area contributed by atoms with Crippen LogP contribution in [0.5, 0.6) is 0 Å². The lowest BCUT2D eigenvalue weighted by Crippen LogP contribution is -2.43. The zero-order valence-electron chi connectivity index (χ0n) is 9.24. The summed E-state index contributed by atoms with van der Waals surface area (Å²) in [5.74, 6) is 1.07. The highest BCUT2D eigenvalue weighted by Crippen LogP contribution is 2.26. The van der Waals surface area contributed by atoms with Crippen LogP contribution in [0.4, 0.5) is 4.79 Å². The zero-order chi connectivity index (χ0) is 11.1. The molecule has 2 N–H and O–H groups in total. The van der Waals surface area contributed by atoms with Crippen LogP contribution in [-0.2, 0) is 0 Å². The summed E-state index contributed by atoms with van der Waals surface area (Å²) in [6, 6.07) is 0.352. The highest BCUT2D eigenvalue weighted by Gasteiger charge is 2.31. The smallest absolute Gasteiger partial charge is 0.317 e. The van der Waals surface area contributed by atoms with Crippen LogP contribution in [0.25, 0.3) is 0 Å². The van der Waals surface area contributed by atoms with Crippen molar-refractivity contribution in [2.45, 2.75) is 25.3 Å². The van der Waals surface area contributed by atoms with Gasteiger partial charge in [0, 0.05) is 19.1 Å². The molecule has 4 nitrogen and oxygen atoms in total. The van der Waals surface area contributed by atoms with Crippen molar-refractivity contribution in [3.63, 3.8) is 0 Å². The Kier molecular flexibility index (Phi) is 5.86. The summed E-state index contributed by atoms with van der Waals surface area (Å²) in [4.78, 5) is 13.4. The minimum Gasteiger partial charge on any atom is -0.395 e. The second kappa shape index (κ2) is 6.95. The number of carbonyl (C=O) groups is 1. The third-order valence-corrected chi connectivity index (χ3v) is 3.09. The molecule has 0 spiro atoms. The Morgan fingerprint density at radius 3 is 2.87 bits per heavy atom. The van der Waals surface area contributed by atoms with Crippen LogP contribution < -0.4 is 5.32 Å². The van der Waals surface area contributed by atoms with E-state index in [4.69, 9.17) is 5.11 Å². The number of aliphatic hydroxyl groups excluding tert-OH is 1. The van der Waals surface area contributed by atoms with Crippen LogP contribution in [0.15, 0.2) is 0 Å². The molecular formula is C10H20N2O2S. The van der Waals surface area contributed by atoms with Gasteiger partial charge in [-0.3, -0.25) is 0 Å². The minimum atomic E-state index is -0.0207. The number of carbonyl (C=O) groups excluding carboxylic acids is 1. The molecule has 1 aliphatic rings. The highest BCUT2D eigenvalue weighted by molar-refractivity contribution is 7.98. The number of nitrogens with zero attached hydrogens (tertiary/aromatic N) is 1. The third-order valence-electron chi connectivity index (χ3n) is 2.39. The third kappa shape index (κ3) is 4.75. The molecule has 2 amide bonds. The van der Waals surface area contributed by atoms with Crippen molar-refractivity contribution in [1.29, 1.82) is 0 Å². The van der Waals surface area contributed by atoms with E-state index in [0.717, 1.165) is 31.6 Å². The topological polar surface area (TPSA) is 52.6 Å². The number of aliphatic hydroxyl groups is 1. The molecule has 0 atom stereocenters. The number of amides is 2. The number of rotatable bonds is 7. The Morgan fingerprint density at radius 1 is 1.60 bits per heavy atom. The van der Waals surface area contributed by atoms with Crippen molar-refractivity contribution < 1.29 is 9.90 Å². The number of urea groups is 1. The molecule has 1 aliphatic carbocycles. The molecule has 0 heterocycles. The molecule has 0 aromatic rings. The van der Waals surface area contributed by atoms with Gasteiger partial charge in [0.1, 0.15) is 0 Å². The van der Waals surface area contributed by atoms with E-state index in [2.05, 4.69) is 11.6 Å². The van der Waals surface area contributed by atoms with Gasteiger partial charge in [0.2, 0.25) is 0 Å². The summed E-state index contributed by atoms with van der Waals surface area (Å²) in [7, 11) is 0. The first-order chi connectivity index (χ1) is 7.29. The Bertz CT molecular complexity index is 198. The van der Waals surface area contributed by atoms with Crippen LogP contribution in [0.1, 0.15) is 19.3 Å². The fourth-order valence-corrected chi connectivity index (χ4v) is 1.89. The first-order valence-corrected chi connectivity index (χ1v) is 6.83. The van der Waals surface area contributed by atoms with Gasteiger partial charge in [0.15, 0.2) is 0 Å². The standard InChI is InChI=1S/C10H20N2O2S/c1-15-8-2-5-11-10(14)12(6-7-13)9-3-4-9/h9,13H,2-8H2,1H3,(H,11,14). The Hall–Kier alpha value is -0.420. The van der Waals surface area contributed by atoms with E-state index in [1.54, 1.807) is 16.7 Å². The Morgan fingerprint density at radius 2 is 2.33 bits per heavy atom. The quantitative estimate of drug-likeness (QED) is 0.641. The fourth-order valence-electron chi connectivity index (χ4n) is 1.46. The molecule has 0 aliphatic heterocycles. The first-order valence-electron chi connectivity index (χ1n) is 5.44. The van der Waals surface area contributed by atoms with Crippen molar-refractivity contribution in [3.8, 4) is 0 Å². The summed E-state index contributed by atoms with van der Waals surface area (Å²) in [5.41, 5.74) is 0. The van der Waals surface area contributed by atoms with Crippen molar-refractivity contribution in [3.05, 3.63) is 0 Å². The fraction of sp³-hybridized carbons (Fsp3) is 0.900. The summed E-state index contributed by atoms with van der Waals surface area (Å²) in [5, 5.41) is 11.7.